The van der Waals surface area contributed by atoms with Gasteiger partial charge in [-0.15, -0.1) is 5.10 Å². The summed E-state index contributed by atoms with van der Waals surface area (Å²) in [7, 11) is 0. The molecule has 0 bridgehead atoms. The van der Waals surface area contributed by atoms with Gasteiger partial charge in [0.25, 0.3) is 0 Å². The molecule has 0 aliphatic rings. The maximum absolute atomic E-state index is 5.63. The van der Waals surface area contributed by atoms with Crippen molar-refractivity contribution in [3.05, 3.63) is 28.0 Å². The number of nitrogens with two attached hydrogens (primary N) is 1. The molecule has 2 N–H and O–H groups in total. The third kappa shape index (κ3) is 1.22. The number of nitrogens with zero attached hydrogens (tertiary/aromatic N) is 2. The van der Waals surface area contributed by atoms with Crippen molar-refractivity contribution in [1.82, 2.24) is 10.2 Å². The first-order valence-electron chi connectivity index (χ1n) is 3.44. The van der Waals surface area contributed by atoms with Crippen LogP contribution in [0.3, 0.4) is 0 Å². The Balaban J connectivity index is 2.86. The number of benzene rings is 1. The summed E-state index contributed by atoms with van der Waals surface area (Å²) in [4.78, 5) is 0. The van der Waals surface area contributed by atoms with Crippen molar-refractivity contribution in [2.45, 2.75) is 0 Å². The fourth-order valence-corrected chi connectivity index (χ4v) is 1.60. The summed E-state index contributed by atoms with van der Waals surface area (Å²) in [6.07, 6.45) is 1.72. The van der Waals surface area contributed by atoms with E-state index in [-0.39, 0.29) is 0 Å². The molecule has 4 heteroatoms. The van der Waals surface area contributed by atoms with Gasteiger partial charge in [-0.2, -0.15) is 5.10 Å². The largest absolute Gasteiger partial charge is 0.382 e. The highest BCUT2D eigenvalue weighted by Crippen LogP contribution is 2.19. The zero-order valence-corrected chi connectivity index (χ0v) is 8.32. The Hall–Kier alpha value is -0.910. The van der Waals surface area contributed by atoms with Crippen LogP contribution in [0.5, 0.6) is 0 Å². The lowest BCUT2D eigenvalue weighted by molar-refractivity contribution is 1.06. The lowest BCUT2D eigenvalue weighted by Crippen LogP contribution is -1.93. The van der Waals surface area contributed by atoms with E-state index >= 15 is 0 Å². The molecule has 1 aromatic carbocycles. The molecular formula is C8H6IN3. The minimum absolute atomic E-state index is 0.490. The van der Waals surface area contributed by atoms with Crippen molar-refractivity contribution in [1.29, 1.82) is 0 Å². The lowest BCUT2D eigenvalue weighted by atomic mass is 10.2. The SMILES string of the molecule is Nc1nncc2cc(I)ccc12. The summed E-state index contributed by atoms with van der Waals surface area (Å²) in [5.41, 5.74) is 5.63. The molecule has 0 fully saturated rings. The first-order chi connectivity index (χ1) is 5.77. The van der Waals surface area contributed by atoms with Crippen LogP contribution in [0.2, 0.25) is 0 Å². The number of rotatable bonds is 0. The Labute approximate surface area is 83.1 Å². The second-order valence-corrected chi connectivity index (χ2v) is 3.71. The molecule has 0 amide bonds. The van der Waals surface area contributed by atoms with Crippen LogP contribution in [0.25, 0.3) is 10.8 Å². The molecule has 0 saturated heterocycles. The zero-order chi connectivity index (χ0) is 8.55. The first-order valence-corrected chi connectivity index (χ1v) is 4.51. The number of nitrogen functional groups attached to an aromatic ring is 1. The Bertz CT molecular complexity index is 428. The summed E-state index contributed by atoms with van der Waals surface area (Å²) >= 11 is 2.25. The molecular weight excluding hydrogens is 265 g/mol. The van der Waals surface area contributed by atoms with Gasteiger partial charge in [0, 0.05) is 14.3 Å². The van der Waals surface area contributed by atoms with Crippen LogP contribution >= 0.6 is 22.6 Å². The molecule has 3 nitrogen and oxygen atoms in total. The minimum atomic E-state index is 0.490. The van der Waals surface area contributed by atoms with Gasteiger partial charge >= 0.3 is 0 Å². The van der Waals surface area contributed by atoms with Gasteiger partial charge in [-0.1, -0.05) is 0 Å². The molecule has 2 aromatic rings. The summed E-state index contributed by atoms with van der Waals surface area (Å²) in [6, 6.07) is 5.99. The molecule has 0 spiro atoms. The average molecular weight is 271 g/mol. The van der Waals surface area contributed by atoms with Crippen molar-refractivity contribution in [2.24, 2.45) is 0 Å². The standard InChI is InChI=1S/C8H6IN3/c9-6-1-2-7-5(3-6)4-11-12-8(7)10/h1-4H,(H2,10,12). The van der Waals surface area contributed by atoms with E-state index in [4.69, 9.17) is 5.73 Å². The Kier molecular flexibility index (Phi) is 1.84. The van der Waals surface area contributed by atoms with Crippen molar-refractivity contribution >= 4 is 39.2 Å². The van der Waals surface area contributed by atoms with E-state index in [0.29, 0.717) is 5.82 Å². The molecule has 1 aromatic heterocycles. The second kappa shape index (κ2) is 2.85. The fourth-order valence-electron chi connectivity index (χ4n) is 1.08. The third-order valence-corrected chi connectivity index (χ3v) is 2.32. The first kappa shape index (κ1) is 7.72. The van der Waals surface area contributed by atoms with Gasteiger partial charge in [0.15, 0.2) is 5.82 Å². The number of hydrogen-bond acceptors (Lipinski definition) is 3. The topological polar surface area (TPSA) is 51.8 Å². The molecule has 12 heavy (non-hydrogen) atoms. The number of aromatic nitrogens is 2. The Morgan fingerprint density at radius 3 is 3.00 bits per heavy atom. The highest BCUT2D eigenvalue weighted by molar-refractivity contribution is 14.1. The zero-order valence-electron chi connectivity index (χ0n) is 6.16. The highest BCUT2D eigenvalue weighted by Gasteiger charge is 1.98. The van der Waals surface area contributed by atoms with E-state index in [1.807, 2.05) is 18.2 Å². The van der Waals surface area contributed by atoms with Crippen LogP contribution in [-0.4, -0.2) is 10.2 Å². The molecule has 0 atom stereocenters. The second-order valence-electron chi connectivity index (χ2n) is 2.46. The molecule has 1 heterocycles. The minimum Gasteiger partial charge on any atom is -0.382 e. The summed E-state index contributed by atoms with van der Waals surface area (Å²) in [5, 5.41) is 9.54. The normalized spacial score (nSPS) is 10.4. The van der Waals surface area contributed by atoms with E-state index in [1.165, 1.54) is 3.57 Å². The van der Waals surface area contributed by atoms with Crippen LogP contribution < -0.4 is 5.73 Å². The average Bonchev–Trinajstić information content (AvgIpc) is 2.04. The lowest BCUT2D eigenvalue weighted by Gasteiger charge is -1.98. The van der Waals surface area contributed by atoms with E-state index < -0.39 is 0 Å². The van der Waals surface area contributed by atoms with Crippen LogP contribution in [0.1, 0.15) is 0 Å². The van der Waals surface area contributed by atoms with Crippen LogP contribution in [0, 0.1) is 3.57 Å². The van der Waals surface area contributed by atoms with Gasteiger partial charge in [0.1, 0.15) is 0 Å². The molecule has 0 unspecified atom stereocenters. The maximum Gasteiger partial charge on any atom is 0.153 e. The maximum atomic E-state index is 5.63. The van der Waals surface area contributed by atoms with Gasteiger partial charge in [0.05, 0.1) is 6.20 Å². The number of fused-ring (bicyclic) bond motifs is 1. The van der Waals surface area contributed by atoms with Crippen LogP contribution in [0.15, 0.2) is 24.4 Å². The molecule has 0 aliphatic carbocycles. The smallest absolute Gasteiger partial charge is 0.153 e. The molecule has 0 saturated carbocycles. The van der Waals surface area contributed by atoms with Gasteiger partial charge in [-0.25, -0.2) is 0 Å². The van der Waals surface area contributed by atoms with Crippen LogP contribution in [0.4, 0.5) is 5.82 Å². The van der Waals surface area contributed by atoms with Gasteiger partial charge in [-0.3, -0.25) is 0 Å². The van der Waals surface area contributed by atoms with Gasteiger partial charge in [-0.05, 0) is 40.8 Å². The highest BCUT2D eigenvalue weighted by atomic mass is 127. The molecule has 0 radical (unpaired) electrons. The van der Waals surface area contributed by atoms with Crippen molar-refractivity contribution in [2.75, 3.05) is 5.73 Å². The van der Waals surface area contributed by atoms with Crippen molar-refractivity contribution in [3.63, 3.8) is 0 Å². The molecule has 0 aliphatic heterocycles. The number of hydrogen-bond donors (Lipinski definition) is 1. The Morgan fingerprint density at radius 1 is 1.33 bits per heavy atom. The Morgan fingerprint density at radius 2 is 2.17 bits per heavy atom. The quantitative estimate of drug-likeness (QED) is 0.743. The summed E-state index contributed by atoms with van der Waals surface area (Å²) in [6.45, 7) is 0. The van der Waals surface area contributed by atoms with Gasteiger partial charge < -0.3 is 5.73 Å². The van der Waals surface area contributed by atoms with E-state index in [2.05, 4.69) is 32.8 Å². The fraction of sp³-hybridized carbons (Fsp3) is 0. The third-order valence-electron chi connectivity index (χ3n) is 1.65. The summed E-state index contributed by atoms with van der Waals surface area (Å²) < 4.78 is 1.17. The molecule has 2 rings (SSSR count). The molecule has 60 valence electrons. The van der Waals surface area contributed by atoms with Gasteiger partial charge in [0.2, 0.25) is 0 Å². The predicted molar refractivity (Wildman–Crippen MR) is 56.7 cm³/mol. The monoisotopic (exact) mass is 271 g/mol. The number of anilines is 1. The van der Waals surface area contributed by atoms with Crippen molar-refractivity contribution < 1.29 is 0 Å². The summed E-state index contributed by atoms with van der Waals surface area (Å²) in [5.74, 6) is 0.490. The van der Waals surface area contributed by atoms with Crippen molar-refractivity contribution in [3.8, 4) is 0 Å². The van der Waals surface area contributed by atoms with E-state index in [1.54, 1.807) is 6.20 Å². The van der Waals surface area contributed by atoms with E-state index in [0.717, 1.165) is 10.8 Å². The van der Waals surface area contributed by atoms with Crippen LogP contribution in [-0.2, 0) is 0 Å². The predicted octanol–water partition coefficient (Wildman–Crippen LogP) is 1.82. The van der Waals surface area contributed by atoms with E-state index in [9.17, 15) is 0 Å². The number of halogens is 1.